The van der Waals surface area contributed by atoms with Crippen LogP contribution in [0.25, 0.3) is 0 Å². The second-order valence-corrected chi connectivity index (χ2v) is 14.8. The SMILES string of the molecule is C[C@H](CCC(=O)OCCC(=O)OCC(F)(F)S(=O)(=O)O)[C@H]1CC[C@H]2[C@@H]3C(=O)C[C@@H]4CC(=O)CC[C@]4(C)[C@H]3CC(=O)[C@]12C. The highest BCUT2D eigenvalue weighted by Gasteiger charge is 2.66. The summed E-state index contributed by atoms with van der Waals surface area (Å²) < 4.78 is 65.0. The van der Waals surface area contributed by atoms with Gasteiger partial charge < -0.3 is 9.47 Å². The molecule has 10 nitrogen and oxygen atoms in total. The van der Waals surface area contributed by atoms with Gasteiger partial charge in [0.1, 0.15) is 24.0 Å². The minimum Gasteiger partial charge on any atom is -0.465 e. The van der Waals surface area contributed by atoms with Crippen molar-refractivity contribution >= 4 is 39.4 Å². The van der Waals surface area contributed by atoms with E-state index in [-0.39, 0.29) is 64.7 Å². The Kier molecular flexibility index (Phi) is 9.06. The van der Waals surface area contributed by atoms with Gasteiger partial charge in [0.25, 0.3) is 0 Å². The molecule has 0 aliphatic heterocycles. The van der Waals surface area contributed by atoms with E-state index in [1.165, 1.54) is 0 Å². The maximum absolute atomic E-state index is 13.9. The van der Waals surface area contributed by atoms with E-state index in [9.17, 15) is 41.2 Å². The van der Waals surface area contributed by atoms with E-state index in [4.69, 9.17) is 9.29 Å². The summed E-state index contributed by atoms with van der Waals surface area (Å²) in [5.41, 5.74) is -0.873. The number of rotatable bonds is 10. The van der Waals surface area contributed by atoms with Crippen molar-refractivity contribution in [2.24, 2.45) is 46.3 Å². The normalized spacial score (nSPS) is 35.6. The van der Waals surface area contributed by atoms with Gasteiger partial charge in [-0.1, -0.05) is 20.8 Å². The Morgan fingerprint density at radius 1 is 1.02 bits per heavy atom. The average Bonchev–Trinajstić information content (AvgIpc) is 3.25. The lowest BCUT2D eigenvalue weighted by molar-refractivity contribution is -0.166. The summed E-state index contributed by atoms with van der Waals surface area (Å²) in [4.78, 5) is 63.4. The highest BCUT2D eigenvalue weighted by atomic mass is 32.2. The molecule has 0 aromatic carbocycles. The van der Waals surface area contributed by atoms with E-state index in [2.05, 4.69) is 11.7 Å². The number of alkyl halides is 2. The monoisotopic (exact) mass is 618 g/mol. The number of halogens is 2. The predicted octanol–water partition coefficient (Wildman–Crippen LogP) is 3.95. The third-order valence-electron chi connectivity index (χ3n) is 11.1. The van der Waals surface area contributed by atoms with E-state index in [1.54, 1.807) is 0 Å². The summed E-state index contributed by atoms with van der Waals surface area (Å²) in [6.07, 6.45) is 3.72. The molecule has 8 atom stereocenters. The van der Waals surface area contributed by atoms with Gasteiger partial charge in [-0.25, -0.2) is 0 Å². The van der Waals surface area contributed by atoms with E-state index >= 15 is 0 Å². The van der Waals surface area contributed by atoms with Crippen molar-refractivity contribution in [2.45, 2.75) is 90.2 Å². The first-order valence-electron chi connectivity index (χ1n) is 14.7. The Morgan fingerprint density at radius 3 is 2.36 bits per heavy atom. The molecule has 13 heteroatoms. The van der Waals surface area contributed by atoms with Crippen LogP contribution in [0.4, 0.5) is 8.78 Å². The molecular weight excluding hydrogens is 578 g/mol. The maximum Gasteiger partial charge on any atom is 0.402 e. The van der Waals surface area contributed by atoms with E-state index in [0.29, 0.717) is 32.1 Å². The molecule has 0 spiro atoms. The van der Waals surface area contributed by atoms with Gasteiger partial charge in [-0.3, -0.25) is 28.5 Å². The Hall–Kier alpha value is -2.28. The molecule has 236 valence electrons. The number of ether oxygens (including phenoxy) is 2. The first kappa shape index (κ1) is 32.6. The third kappa shape index (κ3) is 5.92. The van der Waals surface area contributed by atoms with Crippen LogP contribution >= 0.6 is 0 Å². The molecule has 0 aromatic heterocycles. The number of esters is 2. The number of hydrogen-bond acceptors (Lipinski definition) is 9. The van der Waals surface area contributed by atoms with Gasteiger partial charge in [-0.05, 0) is 60.7 Å². The van der Waals surface area contributed by atoms with Crippen molar-refractivity contribution in [3.8, 4) is 0 Å². The van der Waals surface area contributed by atoms with Crippen molar-refractivity contribution in [1.82, 2.24) is 0 Å². The molecule has 0 radical (unpaired) electrons. The van der Waals surface area contributed by atoms with E-state index in [0.717, 1.165) is 19.3 Å². The number of carbonyl (C=O) groups is 5. The molecule has 4 aliphatic carbocycles. The average molecular weight is 619 g/mol. The van der Waals surface area contributed by atoms with Crippen molar-refractivity contribution in [3.63, 3.8) is 0 Å². The van der Waals surface area contributed by atoms with Gasteiger partial charge in [0.2, 0.25) is 0 Å². The smallest absolute Gasteiger partial charge is 0.402 e. The minimum absolute atomic E-state index is 0.00123. The zero-order valence-corrected chi connectivity index (χ0v) is 25.1. The summed E-state index contributed by atoms with van der Waals surface area (Å²) in [6.45, 7) is 3.81. The van der Waals surface area contributed by atoms with Crippen LogP contribution in [0.15, 0.2) is 0 Å². The maximum atomic E-state index is 13.9. The summed E-state index contributed by atoms with van der Waals surface area (Å²) >= 11 is 0. The molecule has 0 bridgehead atoms. The number of ketones is 3. The van der Waals surface area contributed by atoms with Crippen LogP contribution < -0.4 is 0 Å². The summed E-state index contributed by atoms with van der Waals surface area (Å²) in [5, 5.41) is -4.65. The predicted molar refractivity (Wildman–Crippen MR) is 142 cm³/mol. The Balaban J connectivity index is 1.30. The molecular formula is C29H40F2O10S. The molecule has 0 heterocycles. The van der Waals surface area contributed by atoms with E-state index in [1.807, 2.05) is 13.8 Å². The number of Topliss-reactive ketones (excluding diaryl/α,β-unsaturated/α-hetero) is 3. The summed E-state index contributed by atoms with van der Waals surface area (Å²) in [7, 11) is -5.73. The molecule has 4 fully saturated rings. The molecule has 4 aliphatic rings. The zero-order chi connectivity index (χ0) is 31.3. The lowest BCUT2D eigenvalue weighted by Crippen LogP contribution is -2.60. The second-order valence-electron chi connectivity index (χ2n) is 13.2. The minimum atomic E-state index is -5.73. The van der Waals surface area contributed by atoms with Crippen molar-refractivity contribution < 1.29 is 55.2 Å². The highest BCUT2D eigenvalue weighted by molar-refractivity contribution is 7.86. The fourth-order valence-corrected chi connectivity index (χ4v) is 8.78. The zero-order valence-electron chi connectivity index (χ0n) is 24.2. The van der Waals surface area contributed by atoms with Crippen LogP contribution in [0.5, 0.6) is 0 Å². The standard InChI is InChI=1S/C29H40F2O10S/c1-16(4-7-24(35)40-11-9-25(36)41-15-29(30,31)42(37,38)39)19-5-6-20-26-21(14-23(34)28(19,20)3)27(2)10-8-18(32)12-17(27)13-22(26)33/h16-17,19-21,26H,4-15H2,1-3H3,(H,37,38,39)/t16-,17+,19-,20+,21+,26+,27+,28-/m1/s1. The van der Waals surface area contributed by atoms with Crippen LogP contribution in [0, 0.1) is 46.3 Å². The summed E-state index contributed by atoms with van der Waals surface area (Å²) in [6, 6.07) is 0. The molecule has 4 rings (SSSR count). The van der Waals surface area contributed by atoms with E-state index < -0.39 is 52.4 Å². The first-order valence-corrected chi connectivity index (χ1v) is 16.1. The van der Waals surface area contributed by atoms with Crippen molar-refractivity contribution in [3.05, 3.63) is 0 Å². The second kappa shape index (κ2) is 11.7. The Labute approximate surface area is 244 Å². The summed E-state index contributed by atoms with van der Waals surface area (Å²) in [5.74, 6) is -1.66. The quantitative estimate of drug-likeness (QED) is 0.281. The lowest BCUT2D eigenvalue weighted by Gasteiger charge is -2.58. The molecule has 1 N–H and O–H groups in total. The molecule has 0 aromatic rings. The lowest BCUT2D eigenvalue weighted by atomic mass is 9.44. The van der Waals surface area contributed by atoms with Crippen molar-refractivity contribution in [2.75, 3.05) is 13.2 Å². The largest absolute Gasteiger partial charge is 0.465 e. The Bertz CT molecular complexity index is 1250. The van der Waals surface area contributed by atoms with Gasteiger partial charge in [0.15, 0.2) is 6.61 Å². The van der Waals surface area contributed by atoms with Crippen LogP contribution in [-0.4, -0.2) is 60.7 Å². The Morgan fingerprint density at radius 2 is 1.69 bits per heavy atom. The topological polar surface area (TPSA) is 158 Å². The van der Waals surface area contributed by atoms with Crippen molar-refractivity contribution in [1.29, 1.82) is 0 Å². The third-order valence-corrected chi connectivity index (χ3v) is 11.9. The molecule has 0 amide bonds. The number of carbonyl (C=O) groups excluding carboxylic acids is 5. The molecule has 42 heavy (non-hydrogen) atoms. The highest BCUT2D eigenvalue weighted by Crippen LogP contribution is 2.66. The molecule has 0 unspecified atom stereocenters. The number of hydrogen-bond donors (Lipinski definition) is 1. The van der Waals surface area contributed by atoms with Crippen LogP contribution in [0.3, 0.4) is 0 Å². The number of fused-ring (bicyclic) bond motifs is 5. The van der Waals surface area contributed by atoms with Crippen LogP contribution in [-0.2, 0) is 43.6 Å². The van der Waals surface area contributed by atoms with Gasteiger partial charge in [-0.15, -0.1) is 0 Å². The molecule has 0 saturated heterocycles. The first-order chi connectivity index (χ1) is 19.4. The van der Waals surface area contributed by atoms with Gasteiger partial charge in [-0.2, -0.15) is 17.2 Å². The fraction of sp³-hybridized carbons (Fsp3) is 0.828. The fourth-order valence-electron chi connectivity index (χ4n) is 8.57. The van der Waals surface area contributed by atoms with Gasteiger partial charge in [0, 0.05) is 43.4 Å². The van der Waals surface area contributed by atoms with Crippen LogP contribution in [0.2, 0.25) is 0 Å². The van der Waals surface area contributed by atoms with Crippen LogP contribution in [0.1, 0.15) is 85.0 Å². The molecule has 4 saturated carbocycles. The van der Waals surface area contributed by atoms with Gasteiger partial charge >= 0.3 is 27.3 Å². The van der Waals surface area contributed by atoms with Gasteiger partial charge in [0.05, 0.1) is 6.42 Å².